The van der Waals surface area contributed by atoms with Crippen LogP contribution in [-0.2, 0) is 15.8 Å². The van der Waals surface area contributed by atoms with E-state index in [1.165, 1.54) is 6.07 Å². The molecular weight excluding hydrogens is 567 g/mol. The number of pyridine rings is 1. The fourth-order valence-corrected chi connectivity index (χ4v) is 6.41. The van der Waals surface area contributed by atoms with Crippen LogP contribution >= 0.6 is 0 Å². The van der Waals surface area contributed by atoms with Crippen LogP contribution in [0.5, 0.6) is 11.6 Å². The summed E-state index contributed by atoms with van der Waals surface area (Å²) in [5.41, 5.74) is 2.50. The molecule has 43 heavy (non-hydrogen) atoms. The van der Waals surface area contributed by atoms with Crippen molar-refractivity contribution in [2.75, 3.05) is 23.1 Å². The SMILES string of the molecule is Cc1ccc2c(NS(=O)(=O)Cc3ccccc3)c(F)ccc2c1Oc1ncccc1-c1ccnc(N[C@H]2CCCNC2)n1. The number of ether oxygens (including phenoxy) is 1. The van der Waals surface area contributed by atoms with Gasteiger partial charge in [0, 0.05) is 35.8 Å². The van der Waals surface area contributed by atoms with Crippen molar-refractivity contribution >= 4 is 32.4 Å². The Morgan fingerprint density at radius 2 is 1.81 bits per heavy atom. The zero-order valence-corrected chi connectivity index (χ0v) is 24.4. The minimum atomic E-state index is -3.91. The summed E-state index contributed by atoms with van der Waals surface area (Å²) >= 11 is 0. The van der Waals surface area contributed by atoms with E-state index in [9.17, 15) is 8.42 Å². The molecule has 3 N–H and O–H groups in total. The lowest BCUT2D eigenvalue weighted by Gasteiger charge is -2.23. The van der Waals surface area contributed by atoms with Gasteiger partial charge in [0.15, 0.2) is 0 Å². The van der Waals surface area contributed by atoms with Crippen molar-refractivity contribution in [2.45, 2.75) is 31.6 Å². The maximum absolute atomic E-state index is 15.1. The molecule has 11 heteroatoms. The lowest BCUT2D eigenvalue weighted by Crippen LogP contribution is -2.38. The summed E-state index contributed by atoms with van der Waals surface area (Å²) in [7, 11) is -3.91. The largest absolute Gasteiger partial charge is 0.437 e. The van der Waals surface area contributed by atoms with Crippen LogP contribution in [0.15, 0.2) is 85.2 Å². The minimum absolute atomic E-state index is 0.136. The first-order chi connectivity index (χ1) is 20.9. The molecular formula is C32H31FN6O3S. The number of halogens is 1. The molecule has 1 aliphatic rings. The van der Waals surface area contributed by atoms with Crippen molar-refractivity contribution in [2.24, 2.45) is 0 Å². The van der Waals surface area contributed by atoms with Crippen molar-refractivity contribution < 1.29 is 17.5 Å². The van der Waals surface area contributed by atoms with Gasteiger partial charge >= 0.3 is 0 Å². The van der Waals surface area contributed by atoms with Gasteiger partial charge in [0.1, 0.15) is 11.6 Å². The lowest BCUT2D eigenvalue weighted by molar-refractivity contribution is 0.466. The van der Waals surface area contributed by atoms with Crippen LogP contribution in [0.4, 0.5) is 16.0 Å². The Kier molecular flexibility index (Phi) is 8.17. The van der Waals surface area contributed by atoms with Crippen LogP contribution < -0.4 is 20.1 Å². The molecule has 0 aliphatic carbocycles. The molecule has 0 amide bonds. The molecule has 0 bridgehead atoms. The molecule has 0 radical (unpaired) electrons. The molecule has 9 nitrogen and oxygen atoms in total. The third-order valence-corrected chi connectivity index (χ3v) is 8.51. The van der Waals surface area contributed by atoms with Gasteiger partial charge in [-0.25, -0.2) is 27.8 Å². The number of aryl methyl sites for hydroxylation is 1. The van der Waals surface area contributed by atoms with Gasteiger partial charge in [-0.3, -0.25) is 4.72 Å². The predicted octanol–water partition coefficient (Wildman–Crippen LogP) is 6.04. The molecule has 1 fully saturated rings. The number of nitrogens with zero attached hydrogens (tertiary/aromatic N) is 3. The average Bonchev–Trinajstić information content (AvgIpc) is 3.01. The number of nitrogens with one attached hydrogen (secondary N) is 3. The highest BCUT2D eigenvalue weighted by molar-refractivity contribution is 7.91. The predicted molar refractivity (Wildman–Crippen MR) is 166 cm³/mol. The van der Waals surface area contributed by atoms with Crippen LogP contribution in [-0.4, -0.2) is 42.5 Å². The third-order valence-electron chi connectivity index (χ3n) is 7.29. The molecule has 1 saturated heterocycles. The third kappa shape index (κ3) is 6.58. The molecule has 1 atom stereocenters. The Morgan fingerprint density at radius 1 is 0.977 bits per heavy atom. The summed E-state index contributed by atoms with van der Waals surface area (Å²) in [5.74, 6) is 0.277. The summed E-state index contributed by atoms with van der Waals surface area (Å²) in [5, 5.41) is 7.68. The fourth-order valence-electron chi connectivity index (χ4n) is 5.18. The fraction of sp³-hybridized carbons (Fsp3) is 0.219. The molecule has 0 unspecified atom stereocenters. The lowest BCUT2D eigenvalue weighted by atomic mass is 10.0. The molecule has 6 rings (SSSR count). The molecule has 0 spiro atoms. The highest BCUT2D eigenvalue weighted by Crippen LogP contribution is 2.39. The topological polar surface area (TPSA) is 118 Å². The van der Waals surface area contributed by atoms with E-state index in [2.05, 4.69) is 25.3 Å². The van der Waals surface area contributed by atoms with E-state index in [1.807, 2.05) is 13.0 Å². The van der Waals surface area contributed by atoms with Gasteiger partial charge in [-0.05, 0) is 67.8 Å². The number of piperidine rings is 1. The number of benzene rings is 3. The Hall–Kier alpha value is -4.61. The number of rotatable bonds is 9. The summed E-state index contributed by atoms with van der Waals surface area (Å²) in [6, 6.07) is 20.7. The molecule has 2 aromatic heterocycles. The number of anilines is 2. The first-order valence-corrected chi connectivity index (χ1v) is 15.7. The Balaban J connectivity index is 1.33. The van der Waals surface area contributed by atoms with Crippen LogP contribution in [0.1, 0.15) is 24.0 Å². The van der Waals surface area contributed by atoms with Gasteiger partial charge in [0.2, 0.25) is 21.9 Å². The van der Waals surface area contributed by atoms with Crippen molar-refractivity contribution in [1.82, 2.24) is 20.3 Å². The van der Waals surface area contributed by atoms with E-state index in [-0.39, 0.29) is 17.5 Å². The smallest absolute Gasteiger partial charge is 0.237 e. The monoisotopic (exact) mass is 598 g/mol. The summed E-state index contributed by atoms with van der Waals surface area (Å²) in [6.45, 7) is 3.72. The Morgan fingerprint density at radius 3 is 2.63 bits per heavy atom. The van der Waals surface area contributed by atoms with E-state index in [0.29, 0.717) is 45.2 Å². The van der Waals surface area contributed by atoms with E-state index in [1.54, 1.807) is 73.1 Å². The number of aromatic nitrogens is 3. The van der Waals surface area contributed by atoms with Gasteiger partial charge in [0.25, 0.3) is 0 Å². The first kappa shape index (κ1) is 28.5. The van der Waals surface area contributed by atoms with Gasteiger partial charge in [-0.15, -0.1) is 0 Å². The Labute approximate surface area is 249 Å². The van der Waals surface area contributed by atoms with Crippen LogP contribution in [0.25, 0.3) is 22.0 Å². The quantitative estimate of drug-likeness (QED) is 0.188. The van der Waals surface area contributed by atoms with Crippen molar-refractivity contribution in [3.8, 4) is 22.9 Å². The molecule has 0 saturated carbocycles. The summed E-state index contributed by atoms with van der Waals surface area (Å²) in [4.78, 5) is 13.6. The first-order valence-electron chi connectivity index (χ1n) is 14.1. The number of hydrogen-bond donors (Lipinski definition) is 3. The van der Waals surface area contributed by atoms with E-state index in [4.69, 9.17) is 9.72 Å². The highest BCUT2D eigenvalue weighted by Gasteiger charge is 2.21. The van der Waals surface area contributed by atoms with E-state index in [0.717, 1.165) is 31.5 Å². The molecule has 5 aromatic rings. The zero-order chi connectivity index (χ0) is 29.8. The van der Waals surface area contributed by atoms with Gasteiger partial charge < -0.3 is 15.4 Å². The van der Waals surface area contributed by atoms with Crippen molar-refractivity contribution in [1.29, 1.82) is 0 Å². The van der Waals surface area contributed by atoms with Crippen molar-refractivity contribution in [3.05, 3.63) is 102 Å². The number of sulfonamides is 1. The molecule has 3 heterocycles. The second-order valence-electron chi connectivity index (χ2n) is 10.5. The standard InChI is InChI=1S/C32H31FN6O3S/c1-21-11-12-24-25(13-14-27(33)29(24)39-43(40,41)20-22-7-3-2-4-8-22)30(21)42-31-26(10-6-17-35-31)28-15-18-36-32(38-28)37-23-9-5-16-34-19-23/h2-4,6-8,10-15,17-18,23,34,39H,5,9,16,19-20H2,1H3,(H,36,37,38)/t23-/m0/s1. The van der Waals surface area contributed by atoms with E-state index >= 15 is 4.39 Å². The summed E-state index contributed by atoms with van der Waals surface area (Å²) < 4.78 is 50.1. The van der Waals surface area contributed by atoms with Crippen LogP contribution in [0.3, 0.4) is 0 Å². The van der Waals surface area contributed by atoms with Gasteiger partial charge in [0.05, 0.1) is 22.7 Å². The Bertz CT molecular complexity index is 1860. The summed E-state index contributed by atoms with van der Waals surface area (Å²) in [6.07, 6.45) is 5.43. The van der Waals surface area contributed by atoms with Crippen LogP contribution in [0, 0.1) is 12.7 Å². The average molecular weight is 599 g/mol. The second kappa shape index (κ2) is 12.3. The van der Waals surface area contributed by atoms with E-state index < -0.39 is 15.8 Å². The maximum Gasteiger partial charge on any atom is 0.237 e. The number of hydrogen-bond acceptors (Lipinski definition) is 8. The van der Waals surface area contributed by atoms with Gasteiger partial charge in [-0.1, -0.05) is 42.5 Å². The number of fused-ring (bicyclic) bond motifs is 1. The molecule has 1 aliphatic heterocycles. The molecule has 3 aromatic carbocycles. The van der Waals surface area contributed by atoms with Gasteiger partial charge in [-0.2, -0.15) is 0 Å². The zero-order valence-electron chi connectivity index (χ0n) is 23.5. The normalized spacial score (nSPS) is 15.3. The molecule has 220 valence electrons. The maximum atomic E-state index is 15.1. The van der Waals surface area contributed by atoms with Crippen molar-refractivity contribution in [3.63, 3.8) is 0 Å². The minimum Gasteiger partial charge on any atom is -0.437 e. The highest BCUT2D eigenvalue weighted by atomic mass is 32.2. The van der Waals surface area contributed by atoms with Crippen LogP contribution in [0.2, 0.25) is 0 Å². The second-order valence-corrected chi connectivity index (χ2v) is 12.2.